The Bertz CT molecular complexity index is 147. The van der Waals surface area contributed by atoms with E-state index in [0.717, 1.165) is 0 Å². The van der Waals surface area contributed by atoms with E-state index >= 15 is 0 Å². The molecule has 0 radical (unpaired) electrons. The Labute approximate surface area is 75.9 Å². The van der Waals surface area contributed by atoms with E-state index in [1.807, 2.05) is 0 Å². The van der Waals surface area contributed by atoms with Gasteiger partial charge in [-0.25, -0.2) is 0 Å². The third kappa shape index (κ3) is 1.98. The monoisotopic (exact) mass is 193 g/mol. The molecule has 0 aromatic carbocycles. The Morgan fingerprint density at radius 2 is 2.00 bits per heavy atom. The Balaban J connectivity index is 2.66. The quantitative estimate of drug-likeness (QED) is 0.383. The topological polar surface area (TPSA) is 105 Å². The molecule has 6 nitrogen and oxygen atoms in total. The first kappa shape index (κ1) is 10.8. The van der Waals surface area contributed by atoms with Gasteiger partial charge in [-0.1, -0.05) is 0 Å². The van der Waals surface area contributed by atoms with Crippen LogP contribution in [-0.4, -0.2) is 59.7 Å². The second kappa shape index (κ2) is 4.32. The predicted octanol–water partition coefficient (Wildman–Crippen LogP) is -2.60. The fourth-order valence-corrected chi connectivity index (χ4v) is 1.32. The third-order valence-corrected chi connectivity index (χ3v) is 2.16. The number of nitrogens with two attached hydrogens (primary N) is 1. The lowest BCUT2D eigenvalue weighted by atomic mass is 9.98. The van der Waals surface area contributed by atoms with E-state index in [1.165, 1.54) is 7.11 Å². The summed E-state index contributed by atoms with van der Waals surface area (Å²) in [4.78, 5) is 0. The van der Waals surface area contributed by atoms with E-state index in [0.29, 0.717) is 0 Å². The molecule has 1 saturated heterocycles. The summed E-state index contributed by atoms with van der Waals surface area (Å²) in [5.41, 5.74) is 5.50. The van der Waals surface area contributed by atoms with Crippen LogP contribution in [0.2, 0.25) is 0 Å². The smallest absolute Gasteiger partial charge is 0.175 e. The second-order valence-corrected chi connectivity index (χ2v) is 3.02. The Morgan fingerprint density at radius 3 is 2.46 bits per heavy atom. The third-order valence-electron chi connectivity index (χ3n) is 2.16. The molecule has 0 saturated carbocycles. The van der Waals surface area contributed by atoms with Gasteiger partial charge in [0.25, 0.3) is 0 Å². The molecule has 78 valence electrons. The number of rotatable bonds is 2. The summed E-state index contributed by atoms with van der Waals surface area (Å²) in [5.74, 6) is 0. The molecule has 0 aromatic rings. The highest BCUT2D eigenvalue weighted by Crippen LogP contribution is 2.19. The summed E-state index contributed by atoms with van der Waals surface area (Å²) in [6, 6.07) is -0.803. The summed E-state index contributed by atoms with van der Waals surface area (Å²) in [6.45, 7) is -0.384. The van der Waals surface area contributed by atoms with Gasteiger partial charge in [-0.15, -0.1) is 0 Å². The van der Waals surface area contributed by atoms with Crippen LogP contribution in [-0.2, 0) is 9.47 Å². The Kier molecular flexibility index (Phi) is 3.60. The maximum absolute atomic E-state index is 9.40. The van der Waals surface area contributed by atoms with Crippen LogP contribution in [0, 0.1) is 0 Å². The molecule has 6 heteroatoms. The maximum atomic E-state index is 9.40. The van der Waals surface area contributed by atoms with E-state index < -0.39 is 30.6 Å². The molecule has 0 unspecified atom stereocenters. The summed E-state index contributed by atoms with van der Waals surface area (Å²) in [6.07, 6.45) is -3.96. The number of aliphatic hydroxyl groups excluding tert-OH is 3. The van der Waals surface area contributed by atoms with Gasteiger partial charge in [0.1, 0.15) is 18.3 Å². The van der Waals surface area contributed by atoms with Crippen molar-refractivity contribution < 1.29 is 24.8 Å². The fourth-order valence-electron chi connectivity index (χ4n) is 1.32. The number of ether oxygens (including phenoxy) is 2. The van der Waals surface area contributed by atoms with Gasteiger partial charge in [-0.05, 0) is 0 Å². The largest absolute Gasteiger partial charge is 0.394 e. The highest BCUT2D eigenvalue weighted by atomic mass is 16.7. The van der Waals surface area contributed by atoms with Crippen LogP contribution in [0.4, 0.5) is 0 Å². The normalized spacial score (nSPS) is 46.4. The molecule has 1 rings (SSSR count). The van der Waals surface area contributed by atoms with E-state index in [4.69, 9.17) is 20.3 Å². The van der Waals surface area contributed by atoms with Crippen molar-refractivity contribution in [1.82, 2.24) is 0 Å². The maximum Gasteiger partial charge on any atom is 0.175 e. The minimum Gasteiger partial charge on any atom is -0.394 e. The highest BCUT2D eigenvalue weighted by molar-refractivity contribution is 4.91. The first-order valence-electron chi connectivity index (χ1n) is 4.02. The average molecular weight is 193 g/mol. The van der Waals surface area contributed by atoms with Crippen LogP contribution >= 0.6 is 0 Å². The van der Waals surface area contributed by atoms with Crippen LogP contribution in [0.5, 0.6) is 0 Å². The van der Waals surface area contributed by atoms with Crippen LogP contribution in [0.1, 0.15) is 0 Å². The van der Waals surface area contributed by atoms with Crippen molar-refractivity contribution in [3.05, 3.63) is 0 Å². The van der Waals surface area contributed by atoms with Gasteiger partial charge in [-0.3, -0.25) is 0 Å². The number of methoxy groups -OCH3 is 1. The lowest BCUT2D eigenvalue weighted by Crippen LogP contribution is -2.62. The molecule has 1 fully saturated rings. The van der Waals surface area contributed by atoms with Crippen molar-refractivity contribution in [1.29, 1.82) is 0 Å². The molecule has 1 heterocycles. The predicted molar refractivity (Wildman–Crippen MR) is 42.7 cm³/mol. The van der Waals surface area contributed by atoms with Gasteiger partial charge in [0.05, 0.1) is 12.6 Å². The minimum absolute atomic E-state index is 0.384. The molecule has 0 spiro atoms. The first-order valence-corrected chi connectivity index (χ1v) is 4.02. The number of hydrogen-bond donors (Lipinski definition) is 4. The highest BCUT2D eigenvalue weighted by Gasteiger charge is 2.42. The zero-order valence-electron chi connectivity index (χ0n) is 7.33. The summed E-state index contributed by atoms with van der Waals surface area (Å²) in [5, 5.41) is 27.5. The van der Waals surface area contributed by atoms with Crippen molar-refractivity contribution in [2.45, 2.75) is 30.6 Å². The van der Waals surface area contributed by atoms with Crippen LogP contribution in [0.15, 0.2) is 0 Å². The van der Waals surface area contributed by atoms with Crippen molar-refractivity contribution in [2.75, 3.05) is 13.7 Å². The average Bonchev–Trinajstić information content (AvgIpc) is 2.15. The van der Waals surface area contributed by atoms with Crippen LogP contribution in [0.3, 0.4) is 0 Å². The molecule has 1 aliphatic rings. The van der Waals surface area contributed by atoms with E-state index in [-0.39, 0.29) is 6.61 Å². The van der Waals surface area contributed by atoms with Gasteiger partial charge in [-0.2, -0.15) is 0 Å². The van der Waals surface area contributed by atoms with Gasteiger partial charge in [0, 0.05) is 7.11 Å². The molecule has 0 aliphatic carbocycles. The molecular weight excluding hydrogens is 178 g/mol. The van der Waals surface area contributed by atoms with Gasteiger partial charge >= 0.3 is 0 Å². The number of aliphatic hydroxyl groups is 3. The zero-order chi connectivity index (χ0) is 10.0. The zero-order valence-corrected chi connectivity index (χ0v) is 7.33. The Morgan fingerprint density at radius 1 is 1.38 bits per heavy atom. The Hall–Kier alpha value is -0.240. The lowest BCUT2D eigenvalue weighted by Gasteiger charge is -2.39. The van der Waals surface area contributed by atoms with Crippen molar-refractivity contribution >= 4 is 0 Å². The van der Waals surface area contributed by atoms with Gasteiger partial charge in [0.2, 0.25) is 0 Å². The van der Waals surface area contributed by atoms with Crippen molar-refractivity contribution in [2.24, 2.45) is 5.73 Å². The SMILES string of the molecule is CO[C@@H]1O[C@H](CO)[C@@H](O)[C@H](O)[C@H]1N. The first-order chi connectivity index (χ1) is 6.11. The van der Waals surface area contributed by atoms with Crippen molar-refractivity contribution in [3.63, 3.8) is 0 Å². The standard InChI is InChI=1S/C7H15NO5/c1-12-7-4(8)6(11)5(10)3(2-9)13-7/h3-7,9-11H,2,8H2,1H3/t3-,4-,5-,6-,7-/m1/s1. The van der Waals surface area contributed by atoms with Crippen molar-refractivity contribution in [3.8, 4) is 0 Å². The summed E-state index contributed by atoms with van der Waals surface area (Å²) in [7, 11) is 1.38. The lowest BCUT2D eigenvalue weighted by molar-refractivity contribution is -0.257. The molecule has 5 N–H and O–H groups in total. The molecule has 0 amide bonds. The van der Waals surface area contributed by atoms with E-state index in [2.05, 4.69) is 0 Å². The van der Waals surface area contributed by atoms with E-state index in [9.17, 15) is 10.2 Å². The van der Waals surface area contributed by atoms with Crippen LogP contribution in [0.25, 0.3) is 0 Å². The molecule has 0 bridgehead atoms. The molecule has 5 atom stereocenters. The molecule has 1 aliphatic heterocycles. The summed E-state index contributed by atoms with van der Waals surface area (Å²) >= 11 is 0. The fraction of sp³-hybridized carbons (Fsp3) is 1.00. The second-order valence-electron chi connectivity index (χ2n) is 3.02. The van der Waals surface area contributed by atoms with Crippen LogP contribution < -0.4 is 5.73 Å². The molecule has 13 heavy (non-hydrogen) atoms. The number of hydrogen-bond acceptors (Lipinski definition) is 6. The minimum atomic E-state index is -1.17. The molecule has 0 aromatic heterocycles. The van der Waals surface area contributed by atoms with Gasteiger partial charge < -0.3 is 30.5 Å². The summed E-state index contributed by atoms with van der Waals surface area (Å²) < 4.78 is 9.90. The van der Waals surface area contributed by atoms with Gasteiger partial charge in [0.15, 0.2) is 6.29 Å². The van der Waals surface area contributed by atoms with E-state index in [1.54, 1.807) is 0 Å². The molecular formula is C7H15NO5.